The molecule has 8 heteroatoms. The van der Waals surface area contributed by atoms with Crippen LogP contribution in [0.5, 0.6) is 0 Å². The van der Waals surface area contributed by atoms with Crippen molar-refractivity contribution in [2.45, 2.75) is 43.3 Å². The normalized spacial score (nSPS) is 17.9. The third kappa shape index (κ3) is 4.96. The maximum atomic E-state index is 11.7. The molecule has 0 unspecified atom stereocenters. The molecule has 7 nitrogen and oxygen atoms in total. The van der Waals surface area contributed by atoms with Crippen LogP contribution in [0, 0.1) is 5.92 Å². The summed E-state index contributed by atoms with van der Waals surface area (Å²) in [5, 5.41) is 15.2. The topological polar surface area (TPSA) is 81.9 Å². The number of carbonyl (C=O) groups is 1. The number of nitrogens with one attached hydrogen (secondary N) is 1. The molecule has 0 radical (unpaired) electrons. The van der Waals surface area contributed by atoms with Gasteiger partial charge in [0.25, 0.3) is 0 Å². The van der Waals surface area contributed by atoms with E-state index >= 15 is 0 Å². The lowest BCUT2D eigenvalue weighted by molar-refractivity contribution is -0.118. The molecule has 1 aromatic rings. The van der Waals surface area contributed by atoms with Crippen molar-refractivity contribution in [2.75, 3.05) is 25.5 Å². The number of rotatable bonds is 10. The monoisotopic (exact) mass is 311 g/mol. The molecule has 2 fully saturated rings. The van der Waals surface area contributed by atoms with Gasteiger partial charge in [-0.05, 0) is 48.4 Å². The Bertz CT molecular complexity index is 473. The maximum Gasteiger partial charge on any atom is 0.230 e. The lowest BCUT2D eigenvalue weighted by atomic mass is 10.4. The lowest BCUT2D eigenvalue weighted by Gasteiger charge is -2.06. The first kappa shape index (κ1) is 14.8. The van der Waals surface area contributed by atoms with Gasteiger partial charge in [-0.15, -0.1) is 5.10 Å². The maximum absolute atomic E-state index is 11.7. The molecule has 1 amide bonds. The average Bonchev–Trinajstić information content (AvgIpc) is 3.41. The van der Waals surface area contributed by atoms with Crippen molar-refractivity contribution in [1.82, 2.24) is 25.5 Å². The van der Waals surface area contributed by atoms with Crippen molar-refractivity contribution in [2.24, 2.45) is 5.92 Å². The van der Waals surface area contributed by atoms with E-state index in [2.05, 4.69) is 20.8 Å². The summed E-state index contributed by atoms with van der Waals surface area (Å²) in [4.78, 5) is 11.7. The standard InChI is InChI=1S/C13H21N5O2S/c19-12(14-6-1-7-20-8-10-2-3-10)9-21-13-15-16-17-18(13)11-4-5-11/h10-11H,1-9H2,(H,14,19). The SMILES string of the molecule is O=C(CSc1nnnn1C1CC1)NCCCOCC1CC1. The van der Waals surface area contributed by atoms with E-state index in [1.54, 1.807) is 0 Å². The third-order valence-electron chi connectivity index (χ3n) is 3.53. The Labute approximate surface area is 128 Å². The Hall–Kier alpha value is -1.15. The van der Waals surface area contributed by atoms with E-state index < -0.39 is 0 Å². The van der Waals surface area contributed by atoms with Gasteiger partial charge in [-0.2, -0.15) is 0 Å². The molecule has 116 valence electrons. The highest BCUT2D eigenvalue weighted by Gasteiger charge is 2.28. The second kappa shape index (κ2) is 7.22. The summed E-state index contributed by atoms with van der Waals surface area (Å²) < 4.78 is 7.34. The summed E-state index contributed by atoms with van der Waals surface area (Å²) >= 11 is 1.39. The van der Waals surface area contributed by atoms with Gasteiger partial charge in [0.05, 0.1) is 11.8 Å². The molecule has 1 N–H and O–H groups in total. The van der Waals surface area contributed by atoms with Crippen LogP contribution >= 0.6 is 11.8 Å². The van der Waals surface area contributed by atoms with E-state index in [1.807, 2.05) is 4.68 Å². The third-order valence-corrected chi connectivity index (χ3v) is 4.46. The van der Waals surface area contributed by atoms with Gasteiger partial charge in [0.2, 0.25) is 11.1 Å². The zero-order valence-electron chi connectivity index (χ0n) is 12.0. The van der Waals surface area contributed by atoms with Crippen molar-refractivity contribution < 1.29 is 9.53 Å². The van der Waals surface area contributed by atoms with E-state index in [0.29, 0.717) is 18.3 Å². The van der Waals surface area contributed by atoms with Gasteiger partial charge in [0.1, 0.15) is 0 Å². The molecule has 0 aromatic carbocycles. The van der Waals surface area contributed by atoms with E-state index in [9.17, 15) is 4.79 Å². The number of amides is 1. The Morgan fingerprint density at radius 3 is 3.00 bits per heavy atom. The molecule has 0 bridgehead atoms. The molecule has 0 saturated heterocycles. The number of carbonyl (C=O) groups excluding carboxylic acids is 1. The van der Waals surface area contributed by atoms with Crippen LogP contribution in [-0.4, -0.2) is 51.6 Å². The van der Waals surface area contributed by atoms with Gasteiger partial charge in [-0.3, -0.25) is 4.79 Å². The minimum Gasteiger partial charge on any atom is -0.381 e. The molecule has 1 heterocycles. The fraction of sp³-hybridized carbons (Fsp3) is 0.846. The van der Waals surface area contributed by atoms with Gasteiger partial charge in [-0.25, -0.2) is 4.68 Å². The molecule has 2 saturated carbocycles. The lowest BCUT2D eigenvalue weighted by Crippen LogP contribution is -2.27. The van der Waals surface area contributed by atoms with Gasteiger partial charge in [0.15, 0.2) is 0 Å². The molecule has 3 rings (SSSR count). The van der Waals surface area contributed by atoms with Crippen molar-refractivity contribution in [3.8, 4) is 0 Å². The Morgan fingerprint density at radius 2 is 2.24 bits per heavy atom. The van der Waals surface area contributed by atoms with E-state index in [1.165, 1.54) is 24.6 Å². The highest BCUT2D eigenvalue weighted by molar-refractivity contribution is 7.99. The van der Waals surface area contributed by atoms with Crippen molar-refractivity contribution >= 4 is 17.7 Å². The van der Waals surface area contributed by atoms with E-state index in [4.69, 9.17) is 4.74 Å². The van der Waals surface area contributed by atoms with Crippen LogP contribution in [0.25, 0.3) is 0 Å². The smallest absolute Gasteiger partial charge is 0.230 e. The Morgan fingerprint density at radius 1 is 1.38 bits per heavy atom. The number of thioether (sulfide) groups is 1. The molecular weight excluding hydrogens is 290 g/mol. The number of nitrogens with zero attached hydrogens (tertiary/aromatic N) is 4. The van der Waals surface area contributed by atoms with Gasteiger partial charge >= 0.3 is 0 Å². The number of hydrogen-bond acceptors (Lipinski definition) is 6. The van der Waals surface area contributed by atoms with Crippen molar-refractivity contribution in [1.29, 1.82) is 0 Å². The van der Waals surface area contributed by atoms with Crippen LogP contribution in [0.2, 0.25) is 0 Å². The van der Waals surface area contributed by atoms with Crippen LogP contribution < -0.4 is 5.32 Å². The van der Waals surface area contributed by atoms with Crippen LogP contribution in [-0.2, 0) is 9.53 Å². The first-order valence-electron chi connectivity index (χ1n) is 7.58. The fourth-order valence-corrected chi connectivity index (χ4v) is 2.72. The molecule has 0 aliphatic heterocycles. The molecule has 1 aromatic heterocycles. The minimum absolute atomic E-state index is 0.0209. The zero-order valence-corrected chi connectivity index (χ0v) is 12.8. The number of ether oxygens (including phenoxy) is 1. The first-order chi connectivity index (χ1) is 10.3. The minimum atomic E-state index is 0.0209. The van der Waals surface area contributed by atoms with E-state index in [0.717, 1.165) is 43.6 Å². The number of tetrazole rings is 1. The highest BCUT2D eigenvalue weighted by Crippen LogP contribution is 2.36. The second-order valence-electron chi connectivity index (χ2n) is 5.65. The van der Waals surface area contributed by atoms with Crippen molar-refractivity contribution in [3.63, 3.8) is 0 Å². The molecule has 2 aliphatic carbocycles. The van der Waals surface area contributed by atoms with Gasteiger partial charge in [-0.1, -0.05) is 11.8 Å². The summed E-state index contributed by atoms with van der Waals surface area (Å²) in [7, 11) is 0. The average molecular weight is 311 g/mol. The molecule has 0 spiro atoms. The quantitative estimate of drug-likeness (QED) is 0.513. The summed E-state index contributed by atoms with van der Waals surface area (Å²) in [5.41, 5.74) is 0. The van der Waals surface area contributed by atoms with Gasteiger partial charge < -0.3 is 10.1 Å². The van der Waals surface area contributed by atoms with Crippen LogP contribution in [0.15, 0.2) is 5.16 Å². The first-order valence-corrected chi connectivity index (χ1v) is 8.56. The molecule has 0 atom stereocenters. The number of aromatic nitrogens is 4. The van der Waals surface area contributed by atoms with Crippen LogP contribution in [0.4, 0.5) is 0 Å². The molecule has 21 heavy (non-hydrogen) atoms. The highest BCUT2D eigenvalue weighted by atomic mass is 32.2. The second-order valence-corrected chi connectivity index (χ2v) is 6.59. The predicted molar refractivity (Wildman–Crippen MR) is 78.0 cm³/mol. The Kier molecular flexibility index (Phi) is 5.08. The fourth-order valence-electron chi connectivity index (χ4n) is 1.95. The summed E-state index contributed by atoms with van der Waals surface area (Å²) in [6, 6.07) is 0.439. The molecular formula is C13H21N5O2S. The summed E-state index contributed by atoms with van der Waals surface area (Å²) in [6.45, 7) is 2.27. The number of hydrogen-bond donors (Lipinski definition) is 1. The van der Waals surface area contributed by atoms with E-state index in [-0.39, 0.29) is 5.91 Å². The summed E-state index contributed by atoms with van der Waals surface area (Å²) in [6.07, 6.45) is 5.75. The van der Waals surface area contributed by atoms with Crippen LogP contribution in [0.3, 0.4) is 0 Å². The predicted octanol–water partition coefficient (Wildman–Crippen LogP) is 1.03. The zero-order chi connectivity index (χ0) is 14.5. The Balaban J connectivity index is 1.24. The van der Waals surface area contributed by atoms with Crippen molar-refractivity contribution in [3.05, 3.63) is 0 Å². The molecule has 2 aliphatic rings. The van der Waals surface area contributed by atoms with Crippen LogP contribution in [0.1, 0.15) is 38.1 Å². The largest absolute Gasteiger partial charge is 0.381 e. The summed E-state index contributed by atoms with van der Waals surface area (Å²) in [5.74, 6) is 1.18. The van der Waals surface area contributed by atoms with Gasteiger partial charge in [0, 0.05) is 19.8 Å².